The summed E-state index contributed by atoms with van der Waals surface area (Å²) in [6.45, 7) is 3.51. The smallest absolute Gasteiger partial charge is 0.185 e. The molecule has 0 aliphatic rings. The molecule has 0 fully saturated rings. The van der Waals surface area contributed by atoms with Gasteiger partial charge in [0.05, 0.1) is 0 Å². The van der Waals surface area contributed by atoms with Crippen molar-refractivity contribution in [1.82, 2.24) is 0 Å². The summed E-state index contributed by atoms with van der Waals surface area (Å²) in [5, 5.41) is 0. The van der Waals surface area contributed by atoms with E-state index in [1.165, 1.54) is 83.5 Å². The van der Waals surface area contributed by atoms with E-state index in [0.717, 1.165) is 25.1 Å². The van der Waals surface area contributed by atoms with Gasteiger partial charge in [-0.2, -0.15) is 0 Å². The van der Waals surface area contributed by atoms with Gasteiger partial charge in [-0.05, 0) is 18.6 Å². The normalized spacial score (nSPS) is 11.1. The maximum absolute atomic E-state index is 10.5. The summed E-state index contributed by atoms with van der Waals surface area (Å²) in [4.78, 5) is 10.5. The Morgan fingerprint density at radius 3 is 1.80 bits per heavy atom. The highest BCUT2D eigenvalue weighted by molar-refractivity contribution is 5.70. The molecular weight excluding hydrogens is 312 g/mol. The molecule has 25 heavy (non-hydrogen) atoms. The Morgan fingerprint density at radius 1 is 0.800 bits per heavy atom. The molecule has 0 unspecified atom stereocenters. The summed E-state index contributed by atoms with van der Waals surface area (Å²) < 4.78 is 10.8. The molecule has 0 bridgehead atoms. The summed E-state index contributed by atoms with van der Waals surface area (Å²) in [6, 6.07) is 3.48. The average molecular weight is 351 g/mol. The van der Waals surface area contributed by atoms with Gasteiger partial charge in [-0.1, -0.05) is 90.4 Å². The van der Waals surface area contributed by atoms with Crippen molar-refractivity contribution in [1.29, 1.82) is 0 Å². The first-order chi connectivity index (χ1) is 12.4. The van der Waals surface area contributed by atoms with Gasteiger partial charge in [0.1, 0.15) is 12.4 Å². The average Bonchev–Trinajstić information content (AvgIpc) is 3.09. The van der Waals surface area contributed by atoms with Crippen LogP contribution in [0.2, 0.25) is 0 Å². The van der Waals surface area contributed by atoms with Gasteiger partial charge < -0.3 is 9.15 Å². The van der Waals surface area contributed by atoms with Gasteiger partial charge in [0.2, 0.25) is 0 Å². The van der Waals surface area contributed by atoms with Crippen LogP contribution >= 0.6 is 0 Å². The van der Waals surface area contributed by atoms with Crippen LogP contribution in [-0.2, 0) is 11.3 Å². The molecule has 3 nitrogen and oxygen atoms in total. The highest BCUT2D eigenvalue weighted by Gasteiger charge is 2.00. The van der Waals surface area contributed by atoms with Crippen molar-refractivity contribution in [3.05, 3.63) is 23.7 Å². The number of furan rings is 1. The van der Waals surface area contributed by atoms with Crippen LogP contribution in [0.5, 0.6) is 0 Å². The third kappa shape index (κ3) is 12.9. The summed E-state index contributed by atoms with van der Waals surface area (Å²) >= 11 is 0. The maximum Gasteiger partial charge on any atom is 0.185 e. The second-order valence-electron chi connectivity index (χ2n) is 7.07. The number of rotatable bonds is 18. The monoisotopic (exact) mass is 350 g/mol. The summed E-state index contributed by atoms with van der Waals surface area (Å²) in [6.07, 6.45) is 19.9. The van der Waals surface area contributed by atoms with Crippen molar-refractivity contribution in [2.75, 3.05) is 6.61 Å². The minimum absolute atomic E-state index is 0.370. The molecular formula is C22H38O3. The first-order valence-electron chi connectivity index (χ1n) is 10.5. The van der Waals surface area contributed by atoms with Gasteiger partial charge in [-0.15, -0.1) is 0 Å². The molecule has 1 aromatic heterocycles. The van der Waals surface area contributed by atoms with Gasteiger partial charge in [0, 0.05) is 6.61 Å². The molecule has 1 rings (SSSR count). The molecule has 0 aliphatic carbocycles. The Balaban J connectivity index is 1.74. The topological polar surface area (TPSA) is 39.4 Å². The van der Waals surface area contributed by atoms with Crippen molar-refractivity contribution in [2.24, 2.45) is 0 Å². The third-order valence-electron chi connectivity index (χ3n) is 4.69. The van der Waals surface area contributed by atoms with E-state index in [2.05, 4.69) is 6.92 Å². The van der Waals surface area contributed by atoms with Crippen LogP contribution in [0.1, 0.15) is 113 Å². The second kappa shape index (κ2) is 16.4. The van der Waals surface area contributed by atoms with Crippen molar-refractivity contribution in [3.8, 4) is 0 Å². The quantitative estimate of drug-likeness (QED) is 0.209. The van der Waals surface area contributed by atoms with Crippen LogP contribution in [0.25, 0.3) is 0 Å². The van der Waals surface area contributed by atoms with E-state index in [1.807, 2.05) is 0 Å². The Hall–Kier alpha value is -1.09. The van der Waals surface area contributed by atoms with Crippen LogP contribution in [-0.4, -0.2) is 12.9 Å². The number of carbonyl (C=O) groups is 1. The van der Waals surface area contributed by atoms with Crippen LogP contribution in [0.15, 0.2) is 16.5 Å². The molecule has 0 spiro atoms. The van der Waals surface area contributed by atoms with E-state index in [0.29, 0.717) is 12.4 Å². The van der Waals surface area contributed by atoms with Crippen molar-refractivity contribution >= 4 is 6.29 Å². The van der Waals surface area contributed by atoms with Crippen LogP contribution in [0.3, 0.4) is 0 Å². The lowest BCUT2D eigenvalue weighted by molar-refractivity contribution is 0.0986. The van der Waals surface area contributed by atoms with Crippen molar-refractivity contribution in [3.63, 3.8) is 0 Å². The van der Waals surface area contributed by atoms with E-state index in [4.69, 9.17) is 9.15 Å². The SMILES string of the molecule is CCCCCCCCCCCCCCCCOCc1ccc(C=O)o1. The van der Waals surface area contributed by atoms with Crippen LogP contribution < -0.4 is 0 Å². The lowest BCUT2D eigenvalue weighted by Gasteiger charge is -2.04. The number of hydrogen-bond acceptors (Lipinski definition) is 3. The Morgan fingerprint density at radius 2 is 1.32 bits per heavy atom. The zero-order valence-electron chi connectivity index (χ0n) is 16.3. The van der Waals surface area contributed by atoms with E-state index in [-0.39, 0.29) is 0 Å². The molecule has 0 saturated carbocycles. The lowest BCUT2D eigenvalue weighted by Crippen LogP contribution is -1.94. The minimum atomic E-state index is 0.370. The highest BCUT2D eigenvalue weighted by atomic mass is 16.5. The Labute approximate surface area is 154 Å². The van der Waals surface area contributed by atoms with E-state index < -0.39 is 0 Å². The Kier molecular flexibility index (Phi) is 14.4. The molecule has 0 amide bonds. The number of hydrogen-bond donors (Lipinski definition) is 0. The lowest BCUT2D eigenvalue weighted by atomic mass is 10.0. The summed E-state index contributed by atoms with van der Waals surface area (Å²) in [7, 11) is 0. The number of carbonyl (C=O) groups excluding carboxylic acids is 1. The molecule has 0 saturated heterocycles. The van der Waals surface area contributed by atoms with Gasteiger partial charge in [0.15, 0.2) is 12.0 Å². The zero-order valence-corrected chi connectivity index (χ0v) is 16.3. The van der Waals surface area contributed by atoms with E-state index >= 15 is 0 Å². The predicted octanol–water partition coefficient (Wildman–Crippen LogP) is 7.09. The van der Waals surface area contributed by atoms with Crippen LogP contribution in [0.4, 0.5) is 0 Å². The minimum Gasteiger partial charge on any atom is -0.456 e. The van der Waals surface area contributed by atoms with Gasteiger partial charge >= 0.3 is 0 Å². The van der Waals surface area contributed by atoms with E-state index in [9.17, 15) is 4.79 Å². The van der Waals surface area contributed by atoms with Gasteiger partial charge in [-0.3, -0.25) is 4.79 Å². The first-order valence-corrected chi connectivity index (χ1v) is 10.5. The van der Waals surface area contributed by atoms with E-state index in [1.54, 1.807) is 12.1 Å². The standard InChI is InChI=1S/C22H38O3/c1-2-3-4-5-6-7-8-9-10-11-12-13-14-15-18-24-20-22-17-16-21(19-23)25-22/h16-17,19H,2-15,18,20H2,1H3. The first kappa shape index (κ1) is 22.0. The van der Waals surface area contributed by atoms with Gasteiger partial charge in [-0.25, -0.2) is 0 Å². The number of aldehydes is 1. The molecule has 0 aromatic carbocycles. The Bertz CT molecular complexity index is 411. The summed E-state index contributed by atoms with van der Waals surface area (Å²) in [5.74, 6) is 1.10. The predicted molar refractivity (Wildman–Crippen MR) is 104 cm³/mol. The summed E-state index contributed by atoms with van der Waals surface area (Å²) in [5.41, 5.74) is 0. The fourth-order valence-electron chi connectivity index (χ4n) is 3.11. The molecule has 1 heterocycles. The molecule has 0 radical (unpaired) electrons. The third-order valence-corrected chi connectivity index (χ3v) is 4.69. The highest BCUT2D eigenvalue weighted by Crippen LogP contribution is 2.13. The second-order valence-corrected chi connectivity index (χ2v) is 7.07. The fraction of sp³-hybridized carbons (Fsp3) is 0.773. The maximum atomic E-state index is 10.5. The molecule has 144 valence electrons. The number of ether oxygens (including phenoxy) is 1. The van der Waals surface area contributed by atoms with Crippen molar-refractivity contribution in [2.45, 2.75) is 103 Å². The molecule has 0 N–H and O–H groups in total. The van der Waals surface area contributed by atoms with Crippen LogP contribution in [0, 0.1) is 0 Å². The largest absolute Gasteiger partial charge is 0.456 e. The number of unbranched alkanes of at least 4 members (excludes halogenated alkanes) is 13. The van der Waals surface area contributed by atoms with Gasteiger partial charge in [0.25, 0.3) is 0 Å². The fourth-order valence-corrected chi connectivity index (χ4v) is 3.11. The molecule has 0 aliphatic heterocycles. The molecule has 1 aromatic rings. The zero-order chi connectivity index (χ0) is 18.0. The molecule has 3 heteroatoms. The van der Waals surface area contributed by atoms with Crippen molar-refractivity contribution < 1.29 is 13.9 Å². The molecule has 0 atom stereocenters.